The number of aromatic hydroxyl groups is 1. The number of amides is 2. The summed E-state index contributed by atoms with van der Waals surface area (Å²) >= 11 is 4.00. The van der Waals surface area contributed by atoms with E-state index in [4.69, 9.17) is 5.26 Å². The summed E-state index contributed by atoms with van der Waals surface area (Å²) < 4.78 is 1.35. The summed E-state index contributed by atoms with van der Waals surface area (Å²) in [6.07, 6.45) is 0.281. The van der Waals surface area contributed by atoms with Gasteiger partial charge in [-0.3, -0.25) is 9.59 Å². The van der Waals surface area contributed by atoms with Crippen LogP contribution < -0.4 is 10.6 Å². The lowest BCUT2D eigenvalue weighted by Crippen LogP contribution is -2.47. The molecule has 0 bridgehead atoms. The quantitative estimate of drug-likeness (QED) is 0.408. The Balaban J connectivity index is 2.93. The lowest BCUT2D eigenvalue weighted by molar-refractivity contribution is -0.127. The SMILES string of the molecule is CC(=O)N[C@@H](Cc1cc(I)c(O)c(I)c1)C(=O)NCC#N. The van der Waals surface area contributed by atoms with E-state index in [2.05, 4.69) is 10.6 Å². The van der Waals surface area contributed by atoms with Crippen LogP contribution >= 0.6 is 45.2 Å². The monoisotopic (exact) mass is 513 g/mol. The molecule has 21 heavy (non-hydrogen) atoms. The first kappa shape index (κ1) is 18.0. The van der Waals surface area contributed by atoms with Gasteiger partial charge < -0.3 is 15.7 Å². The van der Waals surface area contributed by atoms with Crippen molar-refractivity contribution in [2.75, 3.05) is 6.54 Å². The van der Waals surface area contributed by atoms with Gasteiger partial charge in [0, 0.05) is 13.3 Å². The zero-order chi connectivity index (χ0) is 16.0. The molecule has 6 nitrogen and oxygen atoms in total. The van der Waals surface area contributed by atoms with Crippen LogP contribution in [0, 0.1) is 18.5 Å². The fourth-order valence-electron chi connectivity index (χ4n) is 1.68. The van der Waals surface area contributed by atoms with Gasteiger partial charge in [-0.1, -0.05) is 0 Å². The zero-order valence-electron chi connectivity index (χ0n) is 11.1. The molecule has 3 N–H and O–H groups in total. The predicted molar refractivity (Wildman–Crippen MR) is 93.5 cm³/mol. The van der Waals surface area contributed by atoms with Crippen molar-refractivity contribution in [3.63, 3.8) is 0 Å². The van der Waals surface area contributed by atoms with E-state index in [0.717, 1.165) is 5.56 Å². The molecular formula is C13H13I2N3O3. The molecule has 0 aromatic heterocycles. The standard InChI is InChI=1S/C13H13I2N3O3/c1-7(19)18-11(13(21)17-3-2-16)6-8-4-9(14)12(20)10(15)5-8/h4-5,11,20H,3,6H2,1H3,(H,17,21)(H,18,19)/t11-/m0/s1. The number of carbonyl (C=O) groups excluding carboxylic acids is 2. The molecule has 0 aliphatic carbocycles. The van der Waals surface area contributed by atoms with E-state index in [1.54, 1.807) is 12.1 Å². The van der Waals surface area contributed by atoms with E-state index in [-0.39, 0.29) is 24.6 Å². The predicted octanol–water partition coefficient (Wildman–Crippen LogP) is 1.29. The third kappa shape index (κ3) is 5.66. The summed E-state index contributed by atoms with van der Waals surface area (Å²) in [5.74, 6) is -0.537. The van der Waals surface area contributed by atoms with Gasteiger partial charge >= 0.3 is 0 Å². The second-order valence-electron chi connectivity index (χ2n) is 4.24. The number of halogens is 2. The molecule has 1 atom stereocenters. The minimum Gasteiger partial charge on any atom is -0.506 e. The van der Waals surface area contributed by atoms with Crippen molar-refractivity contribution in [2.45, 2.75) is 19.4 Å². The number of hydrogen-bond acceptors (Lipinski definition) is 4. The van der Waals surface area contributed by atoms with Crippen LogP contribution in [0.5, 0.6) is 5.75 Å². The Kier molecular flexibility index (Phi) is 7.16. The normalized spacial score (nSPS) is 11.3. The molecule has 0 saturated carbocycles. The van der Waals surface area contributed by atoms with Crippen molar-refractivity contribution >= 4 is 57.0 Å². The van der Waals surface area contributed by atoms with Crippen LogP contribution in [0.2, 0.25) is 0 Å². The number of phenols is 1. The van der Waals surface area contributed by atoms with Crippen LogP contribution in [0.3, 0.4) is 0 Å². The summed E-state index contributed by atoms with van der Waals surface area (Å²) in [5.41, 5.74) is 0.812. The molecule has 0 aliphatic heterocycles. The zero-order valence-corrected chi connectivity index (χ0v) is 15.4. The molecule has 1 rings (SSSR count). The number of hydrogen-bond donors (Lipinski definition) is 3. The minimum atomic E-state index is -0.757. The highest BCUT2D eigenvalue weighted by Gasteiger charge is 2.20. The lowest BCUT2D eigenvalue weighted by atomic mass is 10.0. The van der Waals surface area contributed by atoms with Crippen molar-refractivity contribution in [1.29, 1.82) is 5.26 Å². The van der Waals surface area contributed by atoms with E-state index in [0.29, 0.717) is 7.14 Å². The van der Waals surface area contributed by atoms with Gasteiger partial charge in [0.25, 0.3) is 0 Å². The van der Waals surface area contributed by atoms with Crippen molar-refractivity contribution in [3.05, 3.63) is 24.8 Å². The number of rotatable bonds is 5. The fourth-order valence-corrected chi connectivity index (χ4v) is 3.57. The van der Waals surface area contributed by atoms with Gasteiger partial charge in [0.1, 0.15) is 18.3 Å². The highest BCUT2D eigenvalue weighted by molar-refractivity contribution is 14.1. The van der Waals surface area contributed by atoms with Gasteiger partial charge in [0.05, 0.1) is 13.2 Å². The number of phenolic OH excluding ortho intramolecular Hbond substituents is 1. The van der Waals surface area contributed by atoms with Crippen molar-refractivity contribution in [3.8, 4) is 11.8 Å². The molecule has 0 radical (unpaired) electrons. The van der Waals surface area contributed by atoms with Gasteiger partial charge in [-0.05, 0) is 62.9 Å². The molecule has 0 aliphatic rings. The van der Waals surface area contributed by atoms with Crippen LogP contribution in [0.25, 0.3) is 0 Å². The third-order valence-corrected chi connectivity index (χ3v) is 4.20. The van der Waals surface area contributed by atoms with Crippen molar-refractivity contribution in [2.24, 2.45) is 0 Å². The van der Waals surface area contributed by atoms with Gasteiger partial charge in [-0.15, -0.1) is 0 Å². The van der Waals surface area contributed by atoms with Crippen molar-refractivity contribution in [1.82, 2.24) is 10.6 Å². The smallest absolute Gasteiger partial charge is 0.243 e. The molecular weight excluding hydrogens is 500 g/mol. The second-order valence-corrected chi connectivity index (χ2v) is 6.57. The molecule has 8 heteroatoms. The Bertz CT molecular complexity index is 576. The number of carbonyl (C=O) groups is 2. The molecule has 0 heterocycles. The lowest BCUT2D eigenvalue weighted by Gasteiger charge is -2.17. The Hall–Kier alpha value is -1.09. The highest BCUT2D eigenvalue weighted by atomic mass is 127. The minimum absolute atomic E-state index is 0.112. The van der Waals surface area contributed by atoms with E-state index >= 15 is 0 Å². The summed E-state index contributed by atoms with van der Waals surface area (Å²) in [6.45, 7) is 1.22. The maximum atomic E-state index is 11.9. The number of benzene rings is 1. The summed E-state index contributed by atoms with van der Waals surface area (Å²) in [4.78, 5) is 23.2. The Morgan fingerprint density at radius 3 is 2.43 bits per heavy atom. The van der Waals surface area contributed by atoms with Crippen LogP contribution in [-0.2, 0) is 16.0 Å². The Morgan fingerprint density at radius 1 is 1.38 bits per heavy atom. The summed E-state index contributed by atoms with van der Waals surface area (Å²) in [5, 5.41) is 23.2. The van der Waals surface area contributed by atoms with E-state index < -0.39 is 11.9 Å². The van der Waals surface area contributed by atoms with Crippen LogP contribution in [0.15, 0.2) is 12.1 Å². The summed E-state index contributed by atoms with van der Waals surface area (Å²) in [7, 11) is 0. The number of nitrogens with one attached hydrogen (secondary N) is 2. The van der Waals surface area contributed by atoms with E-state index in [9.17, 15) is 14.7 Å². The Morgan fingerprint density at radius 2 is 1.95 bits per heavy atom. The van der Waals surface area contributed by atoms with Crippen LogP contribution in [0.4, 0.5) is 0 Å². The molecule has 2 amide bonds. The van der Waals surface area contributed by atoms with Gasteiger partial charge in [0.2, 0.25) is 11.8 Å². The first-order valence-corrected chi connectivity index (χ1v) is 8.09. The average molecular weight is 513 g/mol. The van der Waals surface area contributed by atoms with E-state index in [1.807, 2.05) is 51.3 Å². The van der Waals surface area contributed by atoms with Gasteiger partial charge in [-0.2, -0.15) is 5.26 Å². The number of nitrogens with zero attached hydrogens (tertiary/aromatic N) is 1. The fraction of sp³-hybridized carbons (Fsp3) is 0.308. The molecule has 0 unspecified atom stereocenters. The molecule has 1 aromatic carbocycles. The maximum absolute atomic E-state index is 11.9. The molecule has 0 spiro atoms. The molecule has 1 aromatic rings. The molecule has 112 valence electrons. The van der Waals surface area contributed by atoms with Crippen molar-refractivity contribution < 1.29 is 14.7 Å². The Labute approximate surface area is 149 Å². The first-order chi connectivity index (χ1) is 9.85. The third-order valence-electron chi connectivity index (χ3n) is 2.55. The highest BCUT2D eigenvalue weighted by Crippen LogP contribution is 2.27. The average Bonchev–Trinajstić information content (AvgIpc) is 2.40. The van der Waals surface area contributed by atoms with Gasteiger partial charge in [0.15, 0.2) is 0 Å². The number of nitriles is 1. The maximum Gasteiger partial charge on any atom is 0.243 e. The molecule has 0 fully saturated rings. The molecule has 0 saturated heterocycles. The second kappa shape index (κ2) is 8.38. The van der Waals surface area contributed by atoms with Crippen LogP contribution in [-0.4, -0.2) is 29.5 Å². The van der Waals surface area contributed by atoms with Gasteiger partial charge in [-0.25, -0.2) is 0 Å². The van der Waals surface area contributed by atoms with E-state index in [1.165, 1.54) is 6.92 Å². The van der Waals surface area contributed by atoms with Crippen LogP contribution in [0.1, 0.15) is 12.5 Å². The summed E-state index contributed by atoms with van der Waals surface area (Å²) in [6, 6.07) is 4.57. The first-order valence-electron chi connectivity index (χ1n) is 5.93. The topological polar surface area (TPSA) is 102 Å². The largest absolute Gasteiger partial charge is 0.506 e.